The minimum atomic E-state index is -0.591. The van der Waals surface area contributed by atoms with Gasteiger partial charge in [-0.25, -0.2) is 4.98 Å². The third-order valence-electron chi connectivity index (χ3n) is 5.55. The lowest BCUT2D eigenvalue weighted by Gasteiger charge is -2.28. The zero-order valence-corrected chi connectivity index (χ0v) is 20.3. The SMILES string of the molecule is COC(=O)C[C@H]1CC[C@@H](Oc2ccc(NC(=O)c3nnc(Nc4ccc(Cl)cc4Cl)o3)cn2)CC1. The van der Waals surface area contributed by atoms with Gasteiger partial charge in [-0.15, -0.1) is 5.10 Å². The zero-order chi connectivity index (χ0) is 24.8. The Kier molecular flexibility index (Phi) is 8.04. The van der Waals surface area contributed by atoms with Gasteiger partial charge >= 0.3 is 23.8 Å². The number of halogens is 2. The molecule has 12 heteroatoms. The average molecular weight is 520 g/mol. The predicted octanol–water partition coefficient (Wildman–Crippen LogP) is 5.27. The first-order valence-electron chi connectivity index (χ1n) is 11.0. The third kappa shape index (κ3) is 6.83. The van der Waals surface area contributed by atoms with Gasteiger partial charge in [0.2, 0.25) is 5.88 Å². The Morgan fingerprint density at radius 3 is 2.60 bits per heavy atom. The van der Waals surface area contributed by atoms with Gasteiger partial charge in [-0.3, -0.25) is 9.59 Å². The largest absolute Gasteiger partial charge is 0.474 e. The number of carbonyl (C=O) groups excluding carboxylic acids is 2. The normalized spacial score (nSPS) is 17.5. The summed E-state index contributed by atoms with van der Waals surface area (Å²) in [6, 6.07) is 8.22. The van der Waals surface area contributed by atoms with Gasteiger partial charge in [0.15, 0.2) is 0 Å². The van der Waals surface area contributed by atoms with Crippen LogP contribution in [0.15, 0.2) is 40.9 Å². The van der Waals surface area contributed by atoms with Gasteiger partial charge in [0.1, 0.15) is 6.10 Å². The fourth-order valence-electron chi connectivity index (χ4n) is 3.72. The van der Waals surface area contributed by atoms with Crippen molar-refractivity contribution in [2.75, 3.05) is 17.7 Å². The van der Waals surface area contributed by atoms with Crippen LogP contribution in [0.3, 0.4) is 0 Å². The maximum Gasteiger partial charge on any atom is 0.320 e. The number of rotatable bonds is 8. The molecule has 184 valence electrons. The van der Waals surface area contributed by atoms with Gasteiger partial charge in [-0.05, 0) is 55.9 Å². The van der Waals surface area contributed by atoms with E-state index in [9.17, 15) is 9.59 Å². The minimum Gasteiger partial charge on any atom is -0.474 e. The van der Waals surface area contributed by atoms with Crippen LogP contribution >= 0.6 is 23.2 Å². The molecule has 1 fully saturated rings. The topological polar surface area (TPSA) is 128 Å². The number of hydrogen-bond acceptors (Lipinski definition) is 9. The average Bonchev–Trinajstić information content (AvgIpc) is 3.32. The molecule has 1 aliphatic rings. The first-order chi connectivity index (χ1) is 16.9. The molecule has 4 rings (SSSR count). The summed E-state index contributed by atoms with van der Waals surface area (Å²) in [4.78, 5) is 28.1. The molecule has 0 atom stereocenters. The Balaban J connectivity index is 1.27. The number of amides is 1. The highest BCUT2D eigenvalue weighted by atomic mass is 35.5. The lowest BCUT2D eigenvalue weighted by molar-refractivity contribution is -0.142. The standard InChI is InChI=1S/C23H23Cl2N5O5/c1-33-20(31)10-13-2-6-16(7-3-13)34-19-9-5-15(12-26-19)27-21(32)22-29-30-23(35-22)28-18-8-4-14(24)11-17(18)25/h4-5,8-9,11-13,16H,2-3,6-7,10H2,1H3,(H,27,32)(H,28,30)/t13-,16+. The number of methoxy groups -OCH3 is 1. The van der Waals surface area contributed by atoms with Crippen LogP contribution < -0.4 is 15.4 Å². The molecule has 2 heterocycles. The van der Waals surface area contributed by atoms with E-state index >= 15 is 0 Å². The summed E-state index contributed by atoms with van der Waals surface area (Å²) < 4.78 is 16.0. The molecule has 1 aromatic carbocycles. The van der Waals surface area contributed by atoms with Crippen LogP contribution in [-0.4, -0.2) is 40.3 Å². The van der Waals surface area contributed by atoms with Crippen LogP contribution in [0.5, 0.6) is 5.88 Å². The molecular formula is C23H23Cl2N5O5. The molecule has 0 unspecified atom stereocenters. The summed E-state index contributed by atoms with van der Waals surface area (Å²) in [5.41, 5.74) is 0.945. The molecule has 0 spiro atoms. The molecule has 3 aromatic rings. The summed E-state index contributed by atoms with van der Waals surface area (Å²) in [5, 5.41) is 13.9. The van der Waals surface area contributed by atoms with E-state index in [1.54, 1.807) is 30.3 Å². The van der Waals surface area contributed by atoms with Crippen LogP contribution in [0.1, 0.15) is 42.8 Å². The number of nitrogens with one attached hydrogen (secondary N) is 2. The second-order valence-electron chi connectivity index (χ2n) is 8.04. The van der Waals surface area contributed by atoms with Gasteiger partial charge in [-0.2, -0.15) is 0 Å². The van der Waals surface area contributed by atoms with Crippen LogP contribution in [0.25, 0.3) is 0 Å². The van der Waals surface area contributed by atoms with E-state index in [4.69, 9.17) is 37.1 Å². The lowest BCUT2D eigenvalue weighted by atomic mass is 9.85. The van der Waals surface area contributed by atoms with Crippen molar-refractivity contribution >= 4 is 52.5 Å². The molecule has 2 N–H and O–H groups in total. The fourth-order valence-corrected chi connectivity index (χ4v) is 4.18. The first-order valence-corrected chi connectivity index (χ1v) is 11.7. The Labute approximate surface area is 211 Å². The van der Waals surface area contributed by atoms with E-state index in [1.165, 1.54) is 13.3 Å². The molecule has 1 aliphatic carbocycles. The number of carbonyl (C=O) groups is 2. The Hall–Kier alpha value is -3.37. The van der Waals surface area contributed by atoms with Gasteiger partial charge in [0, 0.05) is 17.5 Å². The number of pyridine rings is 1. The molecular weight excluding hydrogens is 497 g/mol. The number of nitrogens with zero attached hydrogens (tertiary/aromatic N) is 3. The van der Waals surface area contributed by atoms with Crippen LogP contribution in [0, 0.1) is 5.92 Å². The molecule has 0 saturated heterocycles. The number of aromatic nitrogens is 3. The maximum absolute atomic E-state index is 12.5. The molecule has 35 heavy (non-hydrogen) atoms. The number of ether oxygens (including phenoxy) is 2. The predicted molar refractivity (Wildman–Crippen MR) is 129 cm³/mol. The molecule has 2 aromatic heterocycles. The van der Waals surface area contributed by atoms with Crippen molar-refractivity contribution in [3.05, 3.63) is 52.5 Å². The molecule has 10 nitrogen and oxygen atoms in total. The smallest absolute Gasteiger partial charge is 0.320 e. The summed E-state index contributed by atoms with van der Waals surface area (Å²) in [6.45, 7) is 0. The number of hydrogen-bond donors (Lipinski definition) is 2. The van der Waals surface area contributed by atoms with Crippen molar-refractivity contribution in [2.45, 2.75) is 38.2 Å². The Bertz CT molecular complexity index is 1180. The van der Waals surface area contributed by atoms with E-state index < -0.39 is 5.91 Å². The summed E-state index contributed by atoms with van der Waals surface area (Å²) in [5.74, 6) is -0.207. The van der Waals surface area contributed by atoms with Crippen molar-refractivity contribution in [1.82, 2.24) is 15.2 Å². The van der Waals surface area contributed by atoms with E-state index in [-0.39, 0.29) is 24.0 Å². The van der Waals surface area contributed by atoms with E-state index in [1.807, 2.05) is 0 Å². The van der Waals surface area contributed by atoms with Gasteiger partial charge in [0.25, 0.3) is 0 Å². The van der Waals surface area contributed by atoms with E-state index in [2.05, 4.69) is 25.8 Å². The zero-order valence-electron chi connectivity index (χ0n) is 18.8. The van der Waals surface area contributed by atoms with Gasteiger partial charge in [-0.1, -0.05) is 28.3 Å². The lowest BCUT2D eigenvalue weighted by Crippen LogP contribution is -2.25. The number of benzene rings is 1. The van der Waals surface area contributed by atoms with Crippen molar-refractivity contribution in [1.29, 1.82) is 0 Å². The van der Waals surface area contributed by atoms with Crippen LogP contribution in [0.4, 0.5) is 17.4 Å². The quantitative estimate of drug-likeness (QED) is 0.382. The molecule has 0 bridgehead atoms. The van der Waals surface area contributed by atoms with Crippen molar-refractivity contribution < 1.29 is 23.5 Å². The van der Waals surface area contributed by atoms with Gasteiger partial charge in [0.05, 0.1) is 29.7 Å². The summed E-state index contributed by atoms with van der Waals surface area (Å²) in [6.07, 6.45) is 5.46. The van der Waals surface area contributed by atoms with Crippen molar-refractivity contribution in [2.24, 2.45) is 5.92 Å². The maximum atomic E-state index is 12.5. The fraction of sp³-hybridized carbons (Fsp3) is 0.348. The number of anilines is 3. The molecule has 1 saturated carbocycles. The minimum absolute atomic E-state index is 0.00236. The highest BCUT2D eigenvalue weighted by Crippen LogP contribution is 2.30. The Morgan fingerprint density at radius 2 is 1.91 bits per heavy atom. The number of esters is 1. The van der Waals surface area contributed by atoms with E-state index in [0.717, 1.165) is 25.7 Å². The molecule has 0 aliphatic heterocycles. The highest BCUT2D eigenvalue weighted by Gasteiger charge is 2.25. The van der Waals surface area contributed by atoms with Crippen LogP contribution in [-0.2, 0) is 9.53 Å². The van der Waals surface area contributed by atoms with Crippen molar-refractivity contribution in [3.63, 3.8) is 0 Å². The van der Waals surface area contributed by atoms with E-state index in [0.29, 0.717) is 39.6 Å². The molecule has 0 radical (unpaired) electrons. The first kappa shape index (κ1) is 24.7. The third-order valence-corrected chi connectivity index (χ3v) is 6.10. The Morgan fingerprint density at radius 1 is 1.11 bits per heavy atom. The van der Waals surface area contributed by atoms with Crippen molar-refractivity contribution in [3.8, 4) is 5.88 Å². The second kappa shape index (κ2) is 11.4. The van der Waals surface area contributed by atoms with Gasteiger partial charge < -0.3 is 24.5 Å². The second-order valence-corrected chi connectivity index (χ2v) is 8.89. The summed E-state index contributed by atoms with van der Waals surface area (Å²) >= 11 is 12.0. The summed E-state index contributed by atoms with van der Waals surface area (Å²) in [7, 11) is 1.41. The highest BCUT2D eigenvalue weighted by molar-refractivity contribution is 6.36. The monoisotopic (exact) mass is 519 g/mol. The molecule has 1 amide bonds. The van der Waals surface area contributed by atoms with Crippen LogP contribution in [0.2, 0.25) is 10.0 Å².